The third-order valence-corrected chi connectivity index (χ3v) is 0.816. The lowest BCUT2D eigenvalue weighted by Gasteiger charge is -1.90. The summed E-state index contributed by atoms with van der Waals surface area (Å²) in [6, 6.07) is 0. The second-order valence-corrected chi connectivity index (χ2v) is 1.80. The molecule has 0 aromatic rings. The fourth-order valence-electron chi connectivity index (χ4n) is 0. The Kier molecular flexibility index (Phi) is 9.43. The van der Waals surface area contributed by atoms with Crippen molar-refractivity contribution >= 4 is 24.0 Å². The molecule has 0 rings (SSSR count). The van der Waals surface area contributed by atoms with Crippen molar-refractivity contribution in [3.63, 3.8) is 0 Å². The van der Waals surface area contributed by atoms with E-state index in [0.29, 0.717) is 0 Å². The van der Waals surface area contributed by atoms with Gasteiger partial charge in [0.1, 0.15) is 0 Å². The van der Waals surface area contributed by atoms with Gasteiger partial charge in [-0.3, -0.25) is 0 Å². The monoisotopic (exact) mass is 200 g/mol. The summed E-state index contributed by atoms with van der Waals surface area (Å²) < 4.78 is 0. The highest BCUT2D eigenvalue weighted by Gasteiger charge is 1.80. The molecule has 0 amide bonds. The van der Waals surface area contributed by atoms with Gasteiger partial charge in [-0.25, -0.2) is 0 Å². The minimum Gasteiger partial charge on any atom is -0.107 e. The maximum atomic E-state index is 2.22. The average molecular weight is 200 g/mol. The van der Waals surface area contributed by atoms with Crippen LogP contribution < -0.4 is 0 Å². The van der Waals surface area contributed by atoms with Crippen molar-refractivity contribution in [1.29, 1.82) is 0 Å². The van der Waals surface area contributed by atoms with Crippen LogP contribution in [0.4, 0.5) is 0 Å². The summed E-state index contributed by atoms with van der Waals surface area (Å²) in [7, 11) is 0. The van der Waals surface area contributed by atoms with E-state index >= 15 is 0 Å². The third kappa shape index (κ3) is 8.83. The zero-order valence-electron chi connectivity index (χ0n) is 4.69. The van der Waals surface area contributed by atoms with Gasteiger partial charge in [-0.15, -0.1) is 24.0 Å². The van der Waals surface area contributed by atoms with Crippen LogP contribution in [0.25, 0.3) is 0 Å². The SMILES string of the molecule is CCC(C)C.I. The van der Waals surface area contributed by atoms with Crippen LogP contribution in [0.15, 0.2) is 0 Å². The Hall–Kier alpha value is 0.730. The summed E-state index contributed by atoms with van der Waals surface area (Å²) in [5, 5.41) is 0. The first-order valence-corrected chi connectivity index (χ1v) is 2.27. The molecule has 0 saturated carbocycles. The molecule has 0 fully saturated rings. The molecule has 0 atom stereocenters. The van der Waals surface area contributed by atoms with Gasteiger partial charge in [0.05, 0.1) is 0 Å². The highest BCUT2D eigenvalue weighted by atomic mass is 127. The zero-order chi connectivity index (χ0) is 4.28. The van der Waals surface area contributed by atoms with Crippen molar-refractivity contribution in [3.05, 3.63) is 0 Å². The van der Waals surface area contributed by atoms with Crippen LogP contribution in [0.2, 0.25) is 0 Å². The van der Waals surface area contributed by atoms with Gasteiger partial charge in [0.15, 0.2) is 0 Å². The third-order valence-electron chi connectivity index (χ3n) is 0.816. The second kappa shape index (κ2) is 5.73. The van der Waals surface area contributed by atoms with E-state index in [1.165, 1.54) is 6.42 Å². The Morgan fingerprint density at radius 2 is 1.50 bits per heavy atom. The van der Waals surface area contributed by atoms with Crippen molar-refractivity contribution in [1.82, 2.24) is 0 Å². The van der Waals surface area contributed by atoms with E-state index in [-0.39, 0.29) is 24.0 Å². The highest BCUT2D eigenvalue weighted by Crippen LogP contribution is 1.93. The Balaban J connectivity index is 0. The molecular weight excluding hydrogens is 187 g/mol. The van der Waals surface area contributed by atoms with E-state index < -0.39 is 0 Å². The van der Waals surface area contributed by atoms with Crippen LogP contribution in [0.3, 0.4) is 0 Å². The minimum atomic E-state index is 0. The summed E-state index contributed by atoms with van der Waals surface area (Å²) in [5.41, 5.74) is 0. The topological polar surface area (TPSA) is 0 Å². The van der Waals surface area contributed by atoms with E-state index in [1.54, 1.807) is 0 Å². The summed E-state index contributed by atoms with van der Waals surface area (Å²) in [6.45, 7) is 6.64. The molecule has 0 aliphatic rings. The van der Waals surface area contributed by atoms with E-state index in [0.717, 1.165) is 5.92 Å². The molecule has 1 heteroatoms. The average Bonchev–Trinajstić information content (AvgIpc) is 1.38. The van der Waals surface area contributed by atoms with Crippen LogP contribution in [-0.2, 0) is 0 Å². The molecule has 0 N–H and O–H groups in total. The molecule has 0 unspecified atom stereocenters. The summed E-state index contributed by atoms with van der Waals surface area (Å²) in [4.78, 5) is 0. The first kappa shape index (κ1) is 9.88. The molecule has 0 aromatic heterocycles. The fourth-order valence-corrected chi connectivity index (χ4v) is 0. The fraction of sp³-hybridized carbons (Fsp3) is 1.00. The van der Waals surface area contributed by atoms with Gasteiger partial charge in [0, 0.05) is 0 Å². The summed E-state index contributed by atoms with van der Waals surface area (Å²) in [6.07, 6.45) is 1.31. The van der Waals surface area contributed by atoms with Crippen molar-refractivity contribution in [2.45, 2.75) is 27.2 Å². The number of halogens is 1. The Morgan fingerprint density at radius 3 is 1.50 bits per heavy atom. The Bertz CT molecular complexity index is 17.9. The number of rotatable bonds is 1. The molecule has 0 radical (unpaired) electrons. The van der Waals surface area contributed by atoms with Gasteiger partial charge in [-0.2, -0.15) is 0 Å². The lowest BCUT2D eigenvalue weighted by Crippen LogP contribution is -1.77. The normalized spacial score (nSPS) is 8.00. The van der Waals surface area contributed by atoms with Crippen LogP contribution in [-0.4, -0.2) is 0 Å². The minimum absolute atomic E-state index is 0. The largest absolute Gasteiger partial charge is 0.107 e. The molecule has 0 saturated heterocycles. The van der Waals surface area contributed by atoms with Crippen LogP contribution >= 0.6 is 24.0 Å². The van der Waals surface area contributed by atoms with E-state index in [9.17, 15) is 0 Å². The van der Waals surface area contributed by atoms with Crippen molar-refractivity contribution in [2.75, 3.05) is 0 Å². The number of hydrogen-bond acceptors (Lipinski definition) is 0. The molecule has 0 aromatic carbocycles. The first-order valence-electron chi connectivity index (χ1n) is 2.27. The van der Waals surface area contributed by atoms with Crippen molar-refractivity contribution in [2.24, 2.45) is 5.92 Å². The second-order valence-electron chi connectivity index (χ2n) is 1.80. The maximum absolute atomic E-state index is 2.22. The van der Waals surface area contributed by atoms with Crippen molar-refractivity contribution < 1.29 is 0 Å². The molecule has 0 heterocycles. The molecule has 0 nitrogen and oxygen atoms in total. The number of hydrogen-bond donors (Lipinski definition) is 0. The van der Waals surface area contributed by atoms with Gasteiger partial charge in [-0.1, -0.05) is 27.2 Å². The van der Waals surface area contributed by atoms with Crippen LogP contribution in [0, 0.1) is 5.92 Å². The van der Waals surface area contributed by atoms with E-state index in [2.05, 4.69) is 20.8 Å². The first-order chi connectivity index (χ1) is 2.27. The summed E-state index contributed by atoms with van der Waals surface area (Å²) >= 11 is 0. The quantitative estimate of drug-likeness (QED) is 0.571. The summed E-state index contributed by atoms with van der Waals surface area (Å²) in [5.74, 6) is 0.884. The molecular formula is C5H13I. The molecule has 6 heavy (non-hydrogen) atoms. The van der Waals surface area contributed by atoms with Crippen molar-refractivity contribution in [3.8, 4) is 0 Å². The predicted octanol–water partition coefficient (Wildman–Crippen LogP) is 2.67. The van der Waals surface area contributed by atoms with Gasteiger partial charge < -0.3 is 0 Å². The van der Waals surface area contributed by atoms with E-state index in [4.69, 9.17) is 0 Å². The van der Waals surface area contributed by atoms with Gasteiger partial charge in [-0.05, 0) is 5.92 Å². The standard InChI is InChI=1S/C5H12.HI/c1-4-5(2)3;/h5H,4H2,1-3H3;1H. The smallest absolute Gasteiger partial charge is 0.0474 e. The molecule has 0 aliphatic carbocycles. The maximum Gasteiger partial charge on any atom is -0.0474 e. The zero-order valence-corrected chi connectivity index (χ0v) is 7.02. The van der Waals surface area contributed by atoms with E-state index in [1.807, 2.05) is 0 Å². The van der Waals surface area contributed by atoms with Gasteiger partial charge in [0.25, 0.3) is 0 Å². The van der Waals surface area contributed by atoms with Gasteiger partial charge in [0.2, 0.25) is 0 Å². The Morgan fingerprint density at radius 1 is 1.33 bits per heavy atom. The van der Waals surface area contributed by atoms with Gasteiger partial charge >= 0.3 is 0 Å². The van der Waals surface area contributed by atoms with Crippen LogP contribution in [0.1, 0.15) is 27.2 Å². The Labute approximate surface area is 57.3 Å². The van der Waals surface area contributed by atoms with Crippen LogP contribution in [0.5, 0.6) is 0 Å². The highest BCUT2D eigenvalue weighted by molar-refractivity contribution is 14.0. The predicted molar refractivity (Wildman–Crippen MR) is 40.5 cm³/mol. The molecule has 0 aliphatic heterocycles. The molecule has 0 bridgehead atoms. The lowest BCUT2D eigenvalue weighted by molar-refractivity contribution is 0.626. The lowest BCUT2D eigenvalue weighted by atomic mass is 10.2. The molecule has 0 spiro atoms. The molecule has 40 valence electrons.